The SMILES string of the molecule is COc1cccc(NC(=O)[C@H]2CCC(=O)N(C)[C@H]2c2ccccc2)c1. The van der Waals surface area contributed by atoms with Gasteiger partial charge in [-0.25, -0.2) is 0 Å². The number of likely N-dealkylation sites (tertiary alicyclic amines) is 1. The van der Waals surface area contributed by atoms with Crippen molar-refractivity contribution in [3.8, 4) is 5.75 Å². The van der Waals surface area contributed by atoms with E-state index in [-0.39, 0.29) is 23.8 Å². The van der Waals surface area contributed by atoms with Gasteiger partial charge in [0.15, 0.2) is 0 Å². The second-order valence-electron chi connectivity index (χ2n) is 6.23. The fourth-order valence-electron chi connectivity index (χ4n) is 3.35. The van der Waals surface area contributed by atoms with Crippen molar-refractivity contribution < 1.29 is 14.3 Å². The maximum absolute atomic E-state index is 12.9. The number of nitrogens with one attached hydrogen (secondary N) is 1. The maximum atomic E-state index is 12.9. The standard InChI is InChI=1S/C20H22N2O3/c1-22-18(23)12-11-17(19(22)14-7-4-3-5-8-14)20(24)21-15-9-6-10-16(13-15)25-2/h3-10,13,17,19H,11-12H2,1-2H3,(H,21,24)/t17-,19-/m0/s1. The van der Waals surface area contributed by atoms with Crippen molar-refractivity contribution in [2.24, 2.45) is 5.92 Å². The third-order valence-electron chi connectivity index (χ3n) is 4.68. The molecule has 1 heterocycles. The second kappa shape index (κ2) is 7.38. The molecular formula is C20H22N2O3. The number of amides is 2. The molecule has 1 aliphatic rings. The summed E-state index contributed by atoms with van der Waals surface area (Å²) in [6.45, 7) is 0. The Morgan fingerprint density at radius 1 is 1.16 bits per heavy atom. The topological polar surface area (TPSA) is 58.6 Å². The largest absolute Gasteiger partial charge is 0.497 e. The Kier molecular flexibility index (Phi) is 5.03. The summed E-state index contributed by atoms with van der Waals surface area (Å²) in [7, 11) is 3.36. The van der Waals surface area contributed by atoms with E-state index in [9.17, 15) is 9.59 Å². The van der Waals surface area contributed by atoms with E-state index in [4.69, 9.17) is 4.74 Å². The van der Waals surface area contributed by atoms with Crippen molar-refractivity contribution in [2.75, 3.05) is 19.5 Å². The summed E-state index contributed by atoms with van der Waals surface area (Å²) >= 11 is 0. The Hall–Kier alpha value is -2.82. The van der Waals surface area contributed by atoms with Crippen LogP contribution in [0.25, 0.3) is 0 Å². The van der Waals surface area contributed by atoms with Crippen molar-refractivity contribution >= 4 is 17.5 Å². The van der Waals surface area contributed by atoms with Crippen LogP contribution < -0.4 is 10.1 Å². The number of carbonyl (C=O) groups is 2. The molecule has 0 saturated carbocycles. The maximum Gasteiger partial charge on any atom is 0.229 e. The molecular weight excluding hydrogens is 316 g/mol. The average molecular weight is 338 g/mol. The van der Waals surface area contributed by atoms with Crippen LogP contribution in [0.3, 0.4) is 0 Å². The first-order valence-electron chi connectivity index (χ1n) is 8.35. The molecule has 1 saturated heterocycles. The van der Waals surface area contributed by atoms with Crippen LogP contribution in [-0.4, -0.2) is 30.9 Å². The van der Waals surface area contributed by atoms with Crippen LogP contribution in [0.2, 0.25) is 0 Å². The molecule has 0 bridgehead atoms. The Labute approximate surface area is 147 Å². The first kappa shape index (κ1) is 17.0. The van der Waals surface area contributed by atoms with E-state index < -0.39 is 0 Å². The summed E-state index contributed by atoms with van der Waals surface area (Å²) in [4.78, 5) is 26.8. The van der Waals surface area contributed by atoms with Crippen LogP contribution in [0.1, 0.15) is 24.4 Å². The van der Waals surface area contributed by atoms with Crippen LogP contribution in [0, 0.1) is 5.92 Å². The molecule has 2 amide bonds. The zero-order chi connectivity index (χ0) is 17.8. The molecule has 0 radical (unpaired) electrons. The number of benzene rings is 2. The molecule has 1 aliphatic heterocycles. The van der Waals surface area contributed by atoms with E-state index in [0.717, 1.165) is 5.56 Å². The number of nitrogens with zero attached hydrogens (tertiary/aromatic N) is 1. The van der Waals surface area contributed by atoms with Gasteiger partial charge in [0.1, 0.15) is 5.75 Å². The molecule has 2 atom stereocenters. The minimum Gasteiger partial charge on any atom is -0.497 e. The molecule has 5 heteroatoms. The van der Waals surface area contributed by atoms with Gasteiger partial charge in [0.05, 0.1) is 19.1 Å². The van der Waals surface area contributed by atoms with E-state index >= 15 is 0 Å². The Balaban J connectivity index is 1.84. The molecule has 0 aromatic heterocycles. The molecule has 0 spiro atoms. The number of rotatable bonds is 4. The first-order valence-corrected chi connectivity index (χ1v) is 8.35. The fourth-order valence-corrected chi connectivity index (χ4v) is 3.35. The third-order valence-corrected chi connectivity index (χ3v) is 4.68. The zero-order valence-corrected chi connectivity index (χ0v) is 14.4. The quantitative estimate of drug-likeness (QED) is 0.931. The summed E-state index contributed by atoms with van der Waals surface area (Å²) in [5.41, 5.74) is 1.67. The van der Waals surface area contributed by atoms with Crippen molar-refractivity contribution in [3.05, 3.63) is 60.2 Å². The Morgan fingerprint density at radius 2 is 1.92 bits per heavy atom. The molecule has 0 aliphatic carbocycles. The highest BCUT2D eigenvalue weighted by molar-refractivity contribution is 5.94. The fraction of sp³-hybridized carbons (Fsp3) is 0.300. The number of hydrogen-bond donors (Lipinski definition) is 1. The Morgan fingerprint density at radius 3 is 2.64 bits per heavy atom. The van der Waals surface area contributed by atoms with E-state index in [0.29, 0.717) is 24.3 Å². The van der Waals surface area contributed by atoms with Crippen molar-refractivity contribution in [2.45, 2.75) is 18.9 Å². The molecule has 5 nitrogen and oxygen atoms in total. The second-order valence-corrected chi connectivity index (χ2v) is 6.23. The molecule has 130 valence electrons. The number of hydrogen-bond acceptors (Lipinski definition) is 3. The smallest absolute Gasteiger partial charge is 0.229 e. The normalized spacial score (nSPS) is 20.2. The van der Waals surface area contributed by atoms with Crippen LogP contribution >= 0.6 is 0 Å². The number of methoxy groups -OCH3 is 1. The average Bonchev–Trinajstić information content (AvgIpc) is 2.64. The minimum absolute atomic E-state index is 0.0688. The van der Waals surface area contributed by atoms with Crippen molar-refractivity contribution in [3.63, 3.8) is 0 Å². The van der Waals surface area contributed by atoms with Gasteiger partial charge in [-0.2, -0.15) is 0 Å². The lowest BCUT2D eigenvalue weighted by molar-refractivity contribution is -0.140. The molecule has 2 aromatic carbocycles. The van der Waals surface area contributed by atoms with Gasteiger partial charge in [0.25, 0.3) is 0 Å². The van der Waals surface area contributed by atoms with Gasteiger partial charge in [-0.3, -0.25) is 9.59 Å². The molecule has 1 N–H and O–H groups in total. The minimum atomic E-state index is -0.295. The molecule has 1 fully saturated rings. The van der Waals surface area contributed by atoms with Crippen LogP contribution in [0.5, 0.6) is 5.75 Å². The highest BCUT2D eigenvalue weighted by Crippen LogP contribution is 2.36. The predicted molar refractivity (Wildman–Crippen MR) is 96.3 cm³/mol. The molecule has 2 aromatic rings. The van der Waals surface area contributed by atoms with Gasteiger partial charge < -0.3 is 15.0 Å². The molecule has 25 heavy (non-hydrogen) atoms. The summed E-state index contributed by atoms with van der Waals surface area (Å²) in [6, 6.07) is 16.7. The number of carbonyl (C=O) groups excluding carboxylic acids is 2. The summed E-state index contributed by atoms with van der Waals surface area (Å²) < 4.78 is 5.20. The van der Waals surface area contributed by atoms with Crippen LogP contribution in [-0.2, 0) is 9.59 Å². The van der Waals surface area contributed by atoms with Gasteiger partial charge >= 0.3 is 0 Å². The van der Waals surface area contributed by atoms with Gasteiger partial charge in [-0.1, -0.05) is 36.4 Å². The lowest BCUT2D eigenvalue weighted by atomic mass is 9.84. The monoisotopic (exact) mass is 338 g/mol. The highest BCUT2D eigenvalue weighted by Gasteiger charge is 2.38. The summed E-state index contributed by atoms with van der Waals surface area (Å²) in [5, 5.41) is 2.96. The number of ether oxygens (including phenoxy) is 1. The van der Waals surface area contributed by atoms with Crippen LogP contribution in [0.4, 0.5) is 5.69 Å². The van der Waals surface area contributed by atoms with Crippen LogP contribution in [0.15, 0.2) is 54.6 Å². The highest BCUT2D eigenvalue weighted by atomic mass is 16.5. The molecule has 3 rings (SSSR count). The van der Waals surface area contributed by atoms with Gasteiger partial charge in [-0.05, 0) is 24.1 Å². The number of anilines is 1. The van der Waals surface area contributed by atoms with Crippen molar-refractivity contribution in [1.82, 2.24) is 4.90 Å². The molecule has 0 unspecified atom stereocenters. The summed E-state index contributed by atoms with van der Waals surface area (Å²) in [5.74, 6) is 0.380. The Bertz CT molecular complexity index is 761. The van der Waals surface area contributed by atoms with Crippen molar-refractivity contribution in [1.29, 1.82) is 0 Å². The predicted octanol–water partition coefficient (Wildman–Crippen LogP) is 3.24. The van der Waals surface area contributed by atoms with E-state index in [1.54, 1.807) is 25.1 Å². The number of piperidine rings is 1. The van der Waals surface area contributed by atoms with E-state index in [1.165, 1.54) is 0 Å². The first-order chi connectivity index (χ1) is 12.1. The third kappa shape index (κ3) is 3.65. The lowest BCUT2D eigenvalue weighted by Gasteiger charge is -2.38. The van der Waals surface area contributed by atoms with E-state index in [1.807, 2.05) is 48.5 Å². The van der Waals surface area contributed by atoms with Gasteiger partial charge in [-0.15, -0.1) is 0 Å². The summed E-state index contributed by atoms with van der Waals surface area (Å²) in [6.07, 6.45) is 0.925. The van der Waals surface area contributed by atoms with Gasteiger partial charge in [0, 0.05) is 25.2 Å². The lowest BCUT2D eigenvalue weighted by Crippen LogP contribution is -2.44. The van der Waals surface area contributed by atoms with Gasteiger partial charge in [0.2, 0.25) is 11.8 Å². The van der Waals surface area contributed by atoms with E-state index in [2.05, 4.69) is 5.32 Å². The zero-order valence-electron chi connectivity index (χ0n) is 14.4.